The number of aromatic nitrogens is 1. The molecule has 0 saturated heterocycles. The summed E-state index contributed by atoms with van der Waals surface area (Å²) in [5.74, 6) is 0. The Kier molecular flexibility index (Phi) is 2.85. The average molecular weight is 181 g/mol. The van der Waals surface area contributed by atoms with Gasteiger partial charge in [0.2, 0.25) is 0 Å². The van der Waals surface area contributed by atoms with Crippen LogP contribution in [0.1, 0.15) is 26.5 Å². The van der Waals surface area contributed by atoms with Crippen molar-refractivity contribution in [2.75, 3.05) is 0 Å². The summed E-state index contributed by atoms with van der Waals surface area (Å²) in [6, 6.07) is 4.25. The topological polar surface area (TPSA) is 12.9 Å². The third-order valence-corrected chi connectivity index (χ3v) is 2.77. The second-order valence-electron chi connectivity index (χ2n) is 4.06. The van der Waals surface area contributed by atoms with Gasteiger partial charge in [-0.1, -0.05) is 35.4 Å². The maximum Gasteiger partial charge on any atom is 0.0373 e. The first-order chi connectivity index (χ1) is 5.47. The summed E-state index contributed by atoms with van der Waals surface area (Å²) >= 11 is 0. The average Bonchev–Trinajstić information content (AvgIpc) is 1.91. The molecular weight excluding hydrogens is 165 g/mol. The van der Waals surface area contributed by atoms with E-state index in [2.05, 4.69) is 37.9 Å². The van der Waals surface area contributed by atoms with E-state index in [-0.39, 0.29) is 0 Å². The van der Waals surface area contributed by atoms with Gasteiger partial charge in [0, 0.05) is 11.9 Å². The van der Waals surface area contributed by atoms with Crippen LogP contribution in [0.5, 0.6) is 0 Å². The van der Waals surface area contributed by atoms with E-state index in [0.29, 0.717) is 5.16 Å². The van der Waals surface area contributed by atoms with Gasteiger partial charge in [-0.15, -0.1) is 0 Å². The molecule has 0 spiro atoms. The summed E-state index contributed by atoms with van der Waals surface area (Å²) in [6.07, 6.45) is 1.99. The molecular formula is C10H16NP. The Morgan fingerprint density at radius 1 is 1.25 bits per heavy atom. The predicted octanol–water partition coefficient (Wildman–Crippen LogP) is 2.49. The first-order valence-corrected chi connectivity index (χ1v) is 5.18. The first kappa shape index (κ1) is 9.67. The van der Waals surface area contributed by atoms with Gasteiger partial charge in [-0.3, -0.25) is 4.98 Å². The maximum atomic E-state index is 4.27. The second-order valence-corrected chi connectivity index (χ2v) is 6.39. The molecule has 1 aromatic heterocycles. The molecule has 1 heterocycles. The SMILES string of the molecule is Cc1ccc(PC(C)(C)C)cn1. The van der Waals surface area contributed by atoms with Crippen molar-refractivity contribution in [1.29, 1.82) is 0 Å². The normalized spacial score (nSPS) is 12.7. The lowest BCUT2D eigenvalue weighted by Crippen LogP contribution is -2.11. The van der Waals surface area contributed by atoms with E-state index in [1.54, 1.807) is 0 Å². The highest BCUT2D eigenvalue weighted by atomic mass is 31.1. The highest BCUT2D eigenvalue weighted by molar-refractivity contribution is 7.48. The molecule has 0 bridgehead atoms. The number of nitrogens with zero attached hydrogens (tertiary/aromatic N) is 1. The molecule has 0 aliphatic carbocycles. The van der Waals surface area contributed by atoms with Gasteiger partial charge in [-0.2, -0.15) is 0 Å². The molecule has 1 rings (SSSR count). The molecule has 0 radical (unpaired) electrons. The fourth-order valence-corrected chi connectivity index (χ4v) is 2.14. The van der Waals surface area contributed by atoms with E-state index >= 15 is 0 Å². The minimum Gasteiger partial charge on any atom is -0.261 e. The molecule has 0 saturated carbocycles. The van der Waals surface area contributed by atoms with Crippen LogP contribution < -0.4 is 5.30 Å². The van der Waals surface area contributed by atoms with Gasteiger partial charge in [-0.05, 0) is 23.5 Å². The highest BCUT2D eigenvalue weighted by Gasteiger charge is 2.10. The minimum absolute atomic E-state index is 0.386. The van der Waals surface area contributed by atoms with Crippen LogP contribution in [0.3, 0.4) is 0 Å². The Morgan fingerprint density at radius 2 is 1.92 bits per heavy atom. The quantitative estimate of drug-likeness (QED) is 0.606. The Labute approximate surface area is 76.4 Å². The van der Waals surface area contributed by atoms with Crippen LogP contribution in [0, 0.1) is 6.92 Å². The number of aryl methyl sites for hydroxylation is 1. The number of hydrogen-bond donors (Lipinski definition) is 0. The van der Waals surface area contributed by atoms with Crippen LogP contribution in [0.4, 0.5) is 0 Å². The largest absolute Gasteiger partial charge is 0.261 e. The summed E-state index contributed by atoms with van der Waals surface area (Å²) in [6.45, 7) is 8.78. The lowest BCUT2D eigenvalue weighted by molar-refractivity contribution is 0.799. The third kappa shape index (κ3) is 3.32. The molecule has 0 fully saturated rings. The predicted molar refractivity (Wildman–Crippen MR) is 56.7 cm³/mol. The van der Waals surface area contributed by atoms with Crippen LogP contribution >= 0.6 is 8.58 Å². The third-order valence-electron chi connectivity index (χ3n) is 1.43. The van der Waals surface area contributed by atoms with Crippen molar-refractivity contribution in [3.05, 3.63) is 24.0 Å². The summed E-state index contributed by atoms with van der Waals surface area (Å²) in [5, 5.41) is 1.74. The van der Waals surface area contributed by atoms with Crippen LogP contribution in [-0.2, 0) is 0 Å². The van der Waals surface area contributed by atoms with E-state index in [1.165, 1.54) is 5.30 Å². The molecule has 1 nitrogen and oxygen atoms in total. The van der Waals surface area contributed by atoms with Gasteiger partial charge in [0.05, 0.1) is 0 Å². The Hall–Kier alpha value is -0.420. The van der Waals surface area contributed by atoms with Crippen molar-refractivity contribution in [3.63, 3.8) is 0 Å². The molecule has 0 N–H and O–H groups in total. The minimum atomic E-state index is 0.386. The summed E-state index contributed by atoms with van der Waals surface area (Å²) in [5.41, 5.74) is 1.09. The van der Waals surface area contributed by atoms with Gasteiger partial charge in [0.1, 0.15) is 0 Å². The van der Waals surface area contributed by atoms with E-state index in [1.807, 2.05) is 13.1 Å². The summed E-state index contributed by atoms with van der Waals surface area (Å²) in [4.78, 5) is 4.27. The molecule has 1 unspecified atom stereocenters. The zero-order chi connectivity index (χ0) is 9.19. The van der Waals surface area contributed by atoms with Crippen LogP contribution in [-0.4, -0.2) is 10.1 Å². The van der Waals surface area contributed by atoms with Crippen LogP contribution in [0.15, 0.2) is 18.3 Å². The monoisotopic (exact) mass is 181 g/mol. The molecule has 12 heavy (non-hydrogen) atoms. The summed E-state index contributed by atoms with van der Waals surface area (Å²) in [7, 11) is 0.848. The van der Waals surface area contributed by atoms with Crippen molar-refractivity contribution in [2.24, 2.45) is 0 Å². The van der Waals surface area contributed by atoms with E-state index in [0.717, 1.165) is 14.3 Å². The molecule has 66 valence electrons. The van der Waals surface area contributed by atoms with Gasteiger partial charge in [-0.25, -0.2) is 0 Å². The zero-order valence-corrected chi connectivity index (χ0v) is 9.18. The van der Waals surface area contributed by atoms with Crippen molar-refractivity contribution in [3.8, 4) is 0 Å². The fraction of sp³-hybridized carbons (Fsp3) is 0.500. The highest BCUT2D eigenvalue weighted by Crippen LogP contribution is 2.28. The molecule has 0 aliphatic rings. The molecule has 0 aliphatic heterocycles. The van der Waals surface area contributed by atoms with E-state index in [4.69, 9.17) is 0 Å². The number of hydrogen-bond acceptors (Lipinski definition) is 1. The number of pyridine rings is 1. The van der Waals surface area contributed by atoms with Crippen molar-refractivity contribution in [1.82, 2.24) is 4.98 Å². The maximum absolute atomic E-state index is 4.27. The lowest BCUT2D eigenvalue weighted by Gasteiger charge is -2.17. The van der Waals surface area contributed by atoms with Gasteiger partial charge in [0.15, 0.2) is 0 Å². The van der Waals surface area contributed by atoms with E-state index in [9.17, 15) is 0 Å². The van der Waals surface area contributed by atoms with Crippen LogP contribution in [0.25, 0.3) is 0 Å². The number of rotatable bonds is 1. The Bertz CT molecular complexity index is 246. The molecule has 2 heteroatoms. The van der Waals surface area contributed by atoms with Gasteiger partial charge in [0.25, 0.3) is 0 Å². The summed E-state index contributed by atoms with van der Waals surface area (Å²) < 4.78 is 0. The van der Waals surface area contributed by atoms with Crippen molar-refractivity contribution in [2.45, 2.75) is 32.9 Å². The van der Waals surface area contributed by atoms with Crippen molar-refractivity contribution >= 4 is 13.9 Å². The van der Waals surface area contributed by atoms with Gasteiger partial charge >= 0.3 is 0 Å². The zero-order valence-electron chi connectivity index (χ0n) is 8.18. The molecule has 0 amide bonds. The van der Waals surface area contributed by atoms with Gasteiger partial charge < -0.3 is 0 Å². The van der Waals surface area contributed by atoms with Crippen LogP contribution in [0.2, 0.25) is 0 Å². The molecule has 1 aromatic rings. The van der Waals surface area contributed by atoms with Crippen molar-refractivity contribution < 1.29 is 0 Å². The Balaban J connectivity index is 2.71. The lowest BCUT2D eigenvalue weighted by atomic mass is 10.3. The molecule has 1 atom stereocenters. The fourth-order valence-electron chi connectivity index (χ4n) is 0.975. The second kappa shape index (κ2) is 3.53. The van der Waals surface area contributed by atoms with E-state index < -0.39 is 0 Å². The standard InChI is InChI=1S/C10H16NP/c1-8-5-6-9(7-11-8)12-10(2,3)4/h5-7,12H,1-4H3. The Morgan fingerprint density at radius 3 is 2.33 bits per heavy atom. The first-order valence-electron chi connectivity index (χ1n) is 4.18. The smallest absolute Gasteiger partial charge is 0.0373 e. The molecule has 0 aromatic carbocycles.